The molecule has 0 atom stereocenters. The molecule has 0 saturated heterocycles. The zero-order chi connectivity index (χ0) is 14.2. The van der Waals surface area contributed by atoms with Crippen LogP contribution in [0.2, 0.25) is 0 Å². The summed E-state index contributed by atoms with van der Waals surface area (Å²) in [5, 5.41) is 0. The van der Waals surface area contributed by atoms with Crippen LogP contribution in [0.1, 0.15) is 43.1 Å². The maximum absolute atomic E-state index is 12.2. The molecule has 0 aliphatic carbocycles. The van der Waals surface area contributed by atoms with Gasteiger partial charge in [-0.2, -0.15) is 0 Å². The molecule has 1 amide bonds. The van der Waals surface area contributed by atoms with Crippen LogP contribution in [0.5, 0.6) is 0 Å². The first kappa shape index (κ1) is 14.3. The van der Waals surface area contributed by atoms with Crippen LogP contribution in [-0.4, -0.2) is 22.6 Å². The van der Waals surface area contributed by atoms with Crippen LogP contribution in [0, 0.1) is 0 Å². The van der Waals surface area contributed by atoms with Crippen molar-refractivity contribution in [1.82, 2.24) is 0 Å². The van der Waals surface area contributed by atoms with E-state index in [4.69, 9.17) is 0 Å². The number of anilines is 1. The number of benzene rings is 1. The Morgan fingerprint density at radius 3 is 2.63 bits per heavy atom. The van der Waals surface area contributed by atoms with Crippen LogP contribution in [0.4, 0.5) is 5.69 Å². The van der Waals surface area contributed by atoms with Crippen LogP contribution in [-0.2, 0) is 11.2 Å². The van der Waals surface area contributed by atoms with Crippen LogP contribution in [0.15, 0.2) is 18.2 Å². The molecule has 1 heterocycles. The van der Waals surface area contributed by atoms with Gasteiger partial charge in [-0.25, -0.2) is 0 Å². The molecule has 102 valence electrons. The Kier molecular flexibility index (Phi) is 3.81. The first-order chi connectivity index (χ1) is 8.84. The number of carbonyl (C=O) groups excluding carboxylic acids is 2. The molecule has 1 aromatic rings. The number of fused-ring (bicyclic) bond motifs is 1. The van der Waals surface area contributed by atoms with Gasteiger partial charge in [-0.15, -0.1) is 0 Å². The molecule has 0 spiro atoms. The van der Waals surface area contributed by atoms with Crippen molar-refractivity contribution in [2.45, 2.75) is 37.9 Å². The Morgan fingerprint density at radius 1 is 1.37 bits per heavy atom. The number of nitrogens with zero attached hydrogens (tertiary/aromatic N) is 1. The summed E-state index contributed by atoms with van der Waals surface area (Å²) < 4.78 is -0.557. The van der Waals surface area contributed by atoms with Crippen molar-refractivity contribution in [2.75, 3.05) is 11.4 Å². The largest absolute Gasteiger partial charge is 0.312 e. The number of hydrogen-bond acceptors (Lipinski definition) is 2. The van der Waals surface area contributed by atoms with Gasteiger partial charge in [-0.3, -0.25) is 9.59 Å². The summed E-state index contributed by atoms with van der Waals surface area (Å²) in [6, 6.07) is 5.62. The molecule has 0 fully saturated rings. The average molecular weight is 324 g/mol. The Morgan fingerprint density at radius 2 is 2.05 bits per heavy atom. The normalized spacial score (nSPS) is 14.4. The van der Waals surface area contributed by atoms with Crippen molar-refractivity contribution in [3.63, 3.8) is 0 Å². The number of carbonyl (C=O) groups is 2. The highest BCUT2D eigenvalue weighted by molar-refractivity contribution is 9.10. The van der Waals surface area contributed by atoms with E-state index in [0.29, 0.717) is 12.0 Å². The number of Topliss-reactive ketones (excluding diaryl/α,β-unsaturated/α-hetero) is 1. The summed E-state index contributed by atoms with van der Waals surface area (Å²) in [4.78, 5) is 25.8. The third kappa shape index (κ3) is 2.73. The Balaban J connectivity index is 2.33. The molecule has 0 radical (unpaired) electrons. The number of ketones is 1. The van der Waals surface area contributed by atoms with Gasteiger partial charge in [0.05, 0.1) is 4.32 Å². The summed E-state index contributed by atoms with van der Waals surface area (Å²) in [6.45, 7) is 6.27. The highest BCUT2D eigenvalue weighted by Gasteiger charge is 2.28. The maximum atomic E-state index is 12.2. The molecule has 0 N–H and O–H groups in total. The van der Waals surface area contributed by atoms with Crippen molar-refractivity contribution >= 4 is 33.3 Å². The van der Waals surface area contributed by atoms with Crippen molar-refractivity contribution in [3.05, 3.63) is 29.3 Å². The van der Waals surface area contributed by atoms with Crippen LogP contribution >= 0.6 is 15.9 Å². The second-order valence-corrected chi connectivity index (χ2v) is 7.28. The van der Waals surface area contributed by atoms with Gasteiger partial charge in [-0.05, 0) is 44.0 Å². The lowest BCUT2D eigenvalue weighted by Crippen LogP contribution is -2.28. The molecule has 4 heteroatoms. The quantitative estimate of drug-likeness (QED) is 0.632. The predicted molar refractivity (Wildman–Crippen MR) is 80.1 cm³/mol. The molecule has 0 saturated carbocycles. The van der Waals surface area contributed by atoms with Crippen molar-refractivity contribution < 1.29 is 9.59 Å². The molecule has 1 aliphatic heterocycles. The van der Waals surface area contributed by atoms with E-state index in [1.54, 1.807) is 0 Å². The monoisotopic (exact) mass is 323 g/mol. The SMILES string of the molecule is CCC(=O)N1CCc2cc(C(=O)C(C)(C)Br)ccc21. The van der Waals surface area contributed by atoms with Gasteiger partial charge in [0.15, 0.2) is 5.78 Å². The topological polar surface area (TPSA) is 37.4 Å². The van der Waals surface area contributed by atoms with E-state index in [2.05, 4.69) is 15.9 Å². The standard InChI is InChI=1S/C15H18BrNO2/c1-4-13(18)17-8-7-10-9-11(5-6-12(10)17)14(19)15(2,3)16/h5-6,9H,4,7-8H2,1-3H3. The summed E-state index contributed by atoms with van der Waals surface area (Å²) in [7, 11) is 0. The van der Waals surface area contributed by atoms with Crippen LogP contribution in [0.25, 0.3) is 0 Å². The minimum Gasteiger partial charge on any atom is -0.312 e. The zero-order valence-corrected chi connectivity index (χ0v) is 13.1. The number of halogens is 1. The first-order valence-electron chi connectivity index (χ1n) is 6.51. The molecule has 0 bridgehead atoms. The predicted octanol–water partition coefficient (Wildman–Crippen LogP) is 3.34. The Bertz CT molecular complexity index is 531. The lowest BCUT2D eigenvalue weighted by Gasteiger charge is -2.18. The van der Waals surface area contributed by atoms with Crippen molar-refractivity contribution in [1.29, 1.82) is 0 Å². The van der Waals surface area contributed by atoms with Gasteiger partial charge >= 0.3 is 0 Å². The molecule has 19 heavy (non-hydrogen) atoms. The molecule has 0 aromatic heterocycles. The minimum absolute atomic E-state index is 0.0653. The fraction of sp³-hybridized carbons (Fsp3) is 0.467. The fourth-order valence-electron chi connectivity index (χ4n) is 2.34. The molecule has 1 aromatic carbocycles. The van der Waals surface area contributed by atoms with Gasteiger partial charge in [0.1, 0.15) is 0 Å². The van der Waals surface area contributed by atoms with Crippen LogP contribution in [0.3, 0.4) is 0 Å². The number of hydrogen-bond donors (Lipinski definition) is 0. The zero-order valence-electron chi connectivity index (χ0n) is 11.5. The summed E-state index contributed by atoms with van der Waals surface area (Å²) >= 11 is 3.39. The van der Waals surface area contributed by atoms with Crippen molar-refractivity contribution in [2.24, 2.45) is 0 Å². The number of rotatable bonds is 3. The molecule has 2 rings (SSSR count). The highest BCUT2D eigenvalue weighted by Crippen LogP contribution is 2.31. The maximum Gasteiger partial charge on any atom is 0.226 e. The molecular weight excluding hydrogens is 306 g/mol. The van der Waals surface area contributed by atoms with E-state index in [1.807, 2.05) is 43.9 Å². The fourth-order valence-corrected chi connectivity index (χ4v) is 2.57. The van der Waals surface area contributed by atoms with Gasteiger partial charge in [0, 0.05) is 24.2 Å². The van der Waals surface area contributed by atoms with E-state index in [-0.39, 0.29) is 11.7 Å². The molecule has 0 unspecified atom stereocenters. The smallest absolute Gasteiger partial charge is 0.226 e. The van der Waals surface area contributed by atoms with Gasteiger partial charge in [-0.1, -0.05) is 22.9 Å². The number of amides is 1. The Labute approximate surface area is 122 Å². The van der Waals surface area contributed by atoms with E-state index in [9.17, 15) is 9.59 Å². The minimum atomic E-state index is -0.557. The van der Waals surface area contributed by atoms with E-state index >= 15 is 0 Å². The third-order valence-electron chi connectivity index (χ3n) is 3.38. The summed E-state index contributed by atoms with van der Waals surface area (Å²) in [5.74, 6) is 0.203. The van der Waals surface area contributed by atoms with E-state index < -0.39 is 4.32 Å². The summed E-state index contributed by atoms with van der Waals surface area (Å²) in [6.07, 6.45) is 1.33. The third-order valence-corrected chi connectivity index (χ3v) is 3.74. The second-order valence-electron chi connectivity index (χ2n) is 5.29. The average Bonchev–Trinajstić information content (AvgIpc) is 2.78. The lowest BCUT2D eigenvalue weighted by molar-refractivity contribution is -0.118. The second kappa shape index (κ2) is 5.08. The van der Waals surface area contributed by atoms with Gasteiger partial charge in [0.2, 0.25) is 5.91 Å². The van der Waals surface area contributed by atoms with Crippen molar-refractivity contribution in [3.8, 4) is 0 Å². The van der Waals surface area contributed by atoms with Gasteiger partial charge < -0.3 is 4.90 Å². The molecular formula is C15H18BrNO2. The highest BCUT2D eigenvalue weighted by atomic mass is 79.9. The lowest BCUT2D eigenvalue weighted by atomic mass is 9.98. The molecule has 1 aliphatic rings. The van der Waals surface area contributed by atoms with Crippen LogP contribution < -0.4 is 4.90 Å². The Hall–Kier alpha value is -1.16. The summed E-state index contributed by atoms with van der Waals surface area (Å²) in [5.41, 5.74) is 2.74. The number of alkyl halides is 1. The first-order valence-corrected chi connectivity index (χ1v) is 7.31. The van der Waals surface area contributed by atoms with Gasteiger partial charge in [0.25, 0.3) is 0 Å². The van der Waals surface area contributed by atoms with E-state index in [1.165, 1.54) is 0 Å². The molecule has 3 nitrogen and oxygen atoms in total. The van der Waals surface area contributed by atoms with E-state index in [0.717, 1.165) is 24.2 Å².